The molecule has 0 saturated carbocycles. The first-order valence-corrected chi connectivity index (χ1v) is 7.44. The van der Waals surface area contributed by atoms with Gasteiger partial charge in [0.2, 0.25) is 0 Å². The Morgan fingerprint density at radius 1 is 1.67 bits per heavy atom. The minimum atomic E-state index is -0.0199. The van der Waals surface area contributed by atoms with E-state index >= 15 is 0 Å². The topological polar surface area (TPSA) is 44.4 Å². The van der Waals surface area contributed by atoms with Crippen molar-refractivity contribution < 1.29 is 4.79 Å². The Labute approximate surface area is 116 Å². The van der Waals surface area contributed by atoms with E-state index in [1.807, 2.05) is 11.0 Å². The molecule has 2 rings (SSSR count). The van der Waals surface area contributed by atoms with Crippen LogP contribution in [0.25, 0.3) is 0 Å². The van der Waals surface area contributed by atoms with Crippen LogP contribution in [0.5, 0.6) is 0 Å². The SMILES string of the molecule is CCCC1CNCCN1C(=O)Nc1ccc(Cl)s1. The quantitative estimate of drug-likeness (QED) is 0.897. The maximum absolute atomic E-state index is 12.2. The molecule has 1 atom stereocenters. The monoisotopic (exact) mass is 287 g/mol. The summed E-state index contributed by atoms with van der Waals surface area (Å²) < 4.78 is 0.690. The van der Waals surface area contributed by atoms with Gasteiger partial charge in [0.1, 0.15) is 0 Å². The normalized spacial score (nSPS) is 19.9. The van der Waals surface area contributed by atoms with E-state index in [1.54, 1.807) is 6.07 Å². The molecule has 1 aliphatic rings. The molecule has 6 heteroatoms. The van der Waals surface area contributed by atoms with Crippen molar-refractivity contribution in [1.82, 2.24) is 10.2 Å². The van der Waals surface area contributed by atoms with Gasteiger partial charge in [-0.05, 0) is 18.6 Å². The van der Waals surface area contributed by atoms with E-state index in [-0.39, 0.29) is 6.03 Å². The molecule has 100 valence electrons. The van der Waals surface area contributed by atoms with Gasteiger partial charge in [-0.25, -0.2) is 4.79 Å². The van der Waals surface area contributed by atoms with Gasteiger partial charge in [0, 0.05) is 25.7 Å². The lowest BCUT2D eigenvalue weighted by molar-refractivity contribution is 0.165. The summed E-state index contributed by atoms with van der Waals surface area (Å²) in [5.74, 6) is 0. The summed E-state index contributed by atoms with van der Waals surface area (Å²) in [5, 5.41) is 7.05. The van der Waals surface area contributed by atoms with E-state index in [9.17, 15) is 4.79 Å². The molecular weight excluding hydrogens is 270 g/mol. The van der Waals surface area contributed by atoms with E-state index in [1.165, 1.54) is 11.3 Å². The van der Waals surface area contributed by atoms with Gasteiger partial charge in [-0.2, -0.15) is 0 Å². The molecule has 1 saturated heterocycles. The predicted molar refractivity (Wildman–Crippen MR) is 76.6 cm³/mol. The standard InChI is InChI=1S/C12H18ClN3OS/c1-2-3-9-8-14-6-7-16(9)12(17)15-11-5-4-10(13)18-11/h4-5,9,14H,2-3,6-8H2,1H3,(H,15,17). The molecular formula is C12H18ClN3OS. The van der Waals surface area contributed by atoms with Crippen LogP contribution in [0.15, 0.2) is 12.1 Å². The third kappa shape index (κ3) is 3.37. The fourth-order valence-electron chi connectivity index (χ4n) is 2.18. The second-order valence-electron chi connectivity index (χ2n) is 4.37. The van der Waals surface area contributed by atoms with E-state index < -0.39 is 0 Å². The predicted octanol–water partition coefficient (Wildman–Crippen LogP) is 3.01. The molecule has 0 radical (unpaired) electrons. The number of halogens is 1. The lowest BCUT2D eigenvalue weighted by atomic mass is 10.1. The Morgan fingerprint density at radius 3 is 3.17 bits per heavy atom. The summed E-state index contributed by atoms with van der Waals surface area (Å²) >= 11 is 7.24. The van der Waals surface area contributed by atoms with E-state index in [0.717, 1.165) is 37.5 Å². The molecule has 2 heterocycles. The van der Waals surface area contributed by atoms with Crippen molar-refractivity contribution in [3.63, 3.8) is 0 Å². The van der Waals surface area contributed by atoms with Gasteiger partial charge in [0.15, 0.2) is 0 Å². The van der Waals surface area contributed by atoms with Gasteiger partial charge in [-0.15, -0.1) is 11.3 Å². The number of rotatable bonds is 3. The fourth-order valence-corrected chi connectivity index (χ4v) is 3.11. The molecule has 2 amide bonds. The zero-order valence-corrected chi connectivity index (χ0v) is 12.0. The first-order valence-electron chi connectivity index (χ1n) is 6.24. The number of carbonyl (C=O) groups is 1. The molecule has 0 aromatic carbocycles. The Bertz CT molecular complexity index is 408. The van der Waals surface area contributed by atoms with Crippen molar-refractivity contribution in [2.75, 3.05) is 25.0 Å². The highest BCUT2D eigenvalue weighted by molar-refractivity contribution is 7.20. The first kappa shape index (κ1) is 13.6. The fraction of sp³-hybridized carbons (Fsp3) is 0.583. The third-order valence-electron chi connectivity index (χ3n) is 3.04. The number of carbonyl (C=O) groups excluding carboxylic acids is 1. The molecule has 1 aliphatic heterocycles. The minimum absolute atomic E-state index is 0.0199. The van der Waals surface area contributed by atoms with Crippen molar-refractivity contribution in [1.29, 1.82) is 0 Å². The number of thiophene rings is 1. The number of piperazine rings is 1. The van der Waals surface area contributed by atoms with Gasteiger partial charge in [0.05, 0.1) is 9.34 Å². The molecule has 4 nitrogen and oxygen atoms in total. The summed E-state index contributed by atoms with van der Waals surface area (Å²) in [4.78, 5) is 14.1. The highest BCUT2D eigenvalue weighted by Crippen LogP contribution is 2.26. The van der Waals surface area contributed by atoms with Crippen LogP contribution in [-0.4, -0.2) is 36.6 Å². The number of nitrogens with one attached hydrogen (secondary N) is 2. The van der Waals surface area contributed by atoms with Gasteiger partial charge in [0.25, 0.3) is 0 Å². The van der Waals surface area contributed by atoms with Crippen LogP contribution >= 0.6 is 22.9 Å². The molecule has 0 bridgehead atoms. The second kappa shape index (κ2) is 6.41. The highest BCUT2D eigenvalue weighted by Gasteiger charge is 2.25. The summed E-state index contributed by atoms with van der Waals surface area (Å²) in [7, 11) is 0. The highest BCUT2D eigenvalue weighted by atomic mass is 35.5. The third-order valence-corrected chi connectivity index (χ3v) is 4.18. The zero-order valence-electron chi connectivity index (χ0n) is 10.4. The second-order valence-corrected chi connectivity index (χ2v) is 6.09. The Morgan fingerprint density at radius 2 is 2.50 bits per heavy atom. The summed E-state index contributed by atoms with van der Waals surface area (Å²) in [6, 6.07) is 3.90. The van der Waals surface area contributed by atoms with Crippen molar-refractivity contribution in [2.24, 2.45) is 0 Å². The maximum Gasteiger partial charge on any atom is 0.322 e. The molecule has 1 aromatic rings. The minimum Gasteiger partial charge on any atom is -0.319 e. The smallest absolute Gasteiger partial charge is 0.319 e. The van der Waals surface area contributed by atoms with Crippen LogP contribution in [0.1, 0.15) is 19.8 Å². The lowest BCUT2D eigenvalue weighted by Gasteiger charge is -2.36. The molecule has 2 N–H and O–H groups in total. The number of urea groups is 1. The zero-order chi connectivity index (χ0) is 13.0. The number of hydrogen-bond acceptors (Lipinski definition) is 3. The summed E-state index contributed by atoms with van der Waals surface area (Å²) in [6.07, 6.45) is 2.12. The Kier molecular flexibility index (Phi) is 4.86. The first-order chi connectivity index (χ1) is 8.70. The lowest BCUT2D eigenvalue weighted by Crippen LogP contribution is -2.54. The Balaban J connectivity index is 1.97. The Hall–Kier alpha value is -0.780. The average Bonchev–Trinajstić information content (AvgIpc) is 2.76. The van der Waals surface area contributed by atoms with Gasteiger partial charge >= 0.3 is 6.03 Å². The molecule has 18 heavy (non-hydrogen) atoms. The number of anilines is 1. The largest absolute Gasteiger partial charge is 0.322 e. The van der Waals surface area contributed by atoms with Crippen molar-refractivity contribution in [3.05, 3.63) is 16.5 Å². The molecule has 0 aliphatic carbocycles. The summed E-state index contributed by atoms with van der Waals surface area (Å²) in [5.41, 5.74) is 0. The van der Waals surface area contributed by atoms with Crippen LogP contribution < -0.4 is 10.6 Å². The van der Waals surface area contributed by atoms with Crippen LogP contribution in [0.2, 0.25) is 4.34 Å². The molecule has 1 fully saturated rings. The number of hydrogen-bond donors (Lipinski definition) is 2. The number of amides is 2. The average molecular weight is 288 g/mol. The van der Waals surface area contributed by atoms with Crippen LogP contribution in [-0.2, 0) is 0 Å². The van der Waals surface area contributed by atoms with Gasteiger partial charge in [-0.3, -0.25) is 5.32 Å². The van der Waals surface area contributed by atoms with Crippen LogP contribution in [0.4, 0.5) is 9.80 Å². The summed E-state index contributed by atoms with van der Waals surface area (Å²) in [6.45, 7) is 4.64. The van der Waals surface area contributed by atoms with E-state index in [0.29, 0.717) is 10.4 Å². The van der Waals surface area contributed by atoms with Gasteiger partial charge in [-0.1, -0.05) is 24.9 Å². The van der Waals surface area contributed by atoms with E-state index in [4.69, 9.17) is 11.6 Å². The van der Waals surface area contributed by atoms with Crippen molar-refractivity contribution in [3.8, 4) is 0 Å². The molecule has 0 spiro atoms. The van der Waals surface area contributed by atoms with Crippen LogP contribution in [0.3, 0.4) is 0 Å². The van der Waals surface area contributed by atoms with Gasteiger partial charge < -0.3 is 10.2 Å². The maximum atomic E-state index is 12.2. The molecule has 1 unspecified atom stereocenters. The molecule has 1 aromatic heterocycles. The van der Waals surface area contributed by atoms with Crippen molar-refractivity contribution >= 4 is 34.0 Å². The number of nitrogens with zero attached hydrogens (tertiary/aromatic N) is 1. The van der Waals surface area contributed by atoms with Crippen LogP contribution in [0, 0.1) is 0 Å². The van der Waals surface area contributed by atoms with Crippen molar-refractivity contribution in [2.45, 2.75) is 25.8 Å². The van der Waals surface area contributed by atoms with E-state index in [2.05, 4.69) is 17.6 Å².